The van der Waals surface area contributed by atoms with Gasteiger partial charge in [0.05, 0.1) is 0 Å². The molecule has 2 heterocycles. The van der Waals surface area contributed by atoms with Crippen LogP contribution in [0.25, 0.3) is 6.08 Å². The second-order valence-electron chi connectivity index (χ2n) is 7.06. The molecule has 3 rings (SSSR count). The van der Waals surface area contributed by atoms with Crippen LogP contribution in [0.2, 0.25) is 0 Å². The molecule has 0 spiro atoms. The molecule has 4 amide bonds. The molecule has 6 nitrogen and oxygen atoms in total. The van der Waals surface area contributed by atoms with Crippen molar-refractivity contribution in [3.05, 3.63) is 41.5 Å². The first-order chi connectivity index (χ1) is 14.0. The number of imide groups is 1. The highest BCUT2D eigenvalue weighted by atomic mass is 19.4. The molecular weight excluding hydrogens is 413 g/mol. The molecular formula is C19H18F5N3O3. The van der Waals surface area contributed by atoms with E-state index in [1.54, 1.807) is 0 Å². The Morgan fingerprint density at radius 1 is 1.13 bits per heavy atom. The minimum absolute atomic E-state index is 0.0795. The number of nitrogens with zero attached hydrogens (tertiary/aromatic N) is 3. The van der Waals surface area contributed by atoms with Crippen LogP contribution in [0.3, 0.4) is 0 Å². The maximum absolute atomic E-state index is 13.6. The van der Waals surface area contributed by atoms with Gasteiger partial charge in [0.2, 0.25) is 5.91 Å². The number of rotatable bonds is 4. The minimum Gasteiger partial charge on any atom is -0.339 e. The van der Waals surface area contributed by atoms with Gasteiger partial charge in [0.1, 0.15) is 24.7 Å². The molecule has 30 heavy (non-hydrogen) atoms. The number of hydrogen-bond acceptors (Lipinski definition) is 3. The summed E-state index contributed by atoms with van der Waals surface area (Å²) >= 11 is 0. The molecule has 0 aromatic heterocycles. The summed E-state index contributed by atoms with van der Waals surface area (Å²) in [4.78, 5) is 39.0. The second kappa shape index (κ2) is 8.41. The van der Waals surface area contributed by atoms with Crippen molar-refractivity contribution in [3.63, 3.8) is 0 Å². The summed E-state index contributed by atoms with van der Waals surface area (Å²) in [6.45, 7) is -1.64. The van der Waals surface area contributed by atoms with Crippen molar-refractivity contribution in [2.75, 3.05) is 26.2 Å². The molecule has 0 saturated carbocycles. The third-order valence-corrected chi connectivity index (χ3v) is 5.00. The van der Waals surface area contributed by atoms with Gasteiger partial charge in [-0.15, -0.1) is 0 Å². The average Bonchev–Trinajstić information content (AvgIpc) is 2.95. The lowest BCUT2D eigenvalue weighted by atomic mass is 10.0. The minimum atomic E-state index is -4.68. The Labute approximate surface area is 168 Å². The highest BCUT2D eigenvalue weighted by molar-refractivity contribution is 6.02. The van der Waals surface area contributed by atoms with Gasteiger partial charge in [-0.25, -0.2) is 13.6 Å². The first-order valence-electron chi connectivity index (χ1n) is 9.15. The van der Waals surface area contributed by atoms with Crippen LogP contribution in [0.1, 0.15) is 18.4 Å². The summed E-state index contributed by atoms with van der Waals surface area (Å²) in [5.41, 5.74) is -0.0795. The van der Waals surface area contributed by atoms with Gasteiger partial charge in [0.15, 0.2) is 0 Å². The number of urea groups is 1. The van der Waals surface area contributed by atoms with Gasteiger partial charge in [-0.2, -0.15) is 13.2 Å². The fraction of sp³-hybridized carbons (Fsp3) is 0.421. The van der Waals surface area contributed by atoms with Crippen LogP contribution in [0.4, 0.5) is 26.7 Å². The number of alkyl halides is 3. The Morgan fingerprint density at radius 2 is 1.80 bits per heavy atom. The summed E-state index contributed by atoms with van der Waals surface area (Å²) in [6.07, 6.45) is -1.84. The monoisotopic (exact) mass is 431 g/mol. The maximum Gasteiger partial charge on any atom is 0.406 e. The smallest absolute Gasteiger partial charge is 0.339 e. The van der Waals surface area contributed by atoms with Gasteiger partial charge in [-0.05, 0) is 37.1 Å². The SMILES string of the molecule is O=C(C=Cc1cc(F)ccc1F)N1CCC(N2CC(=O)N(CC(F)(F)F)C2=O)CC1. The van der Waals surface area contributed by atoms with Crippen LogP contribution in [0, 0.1) is 11.6 Å². The number of amides is 4. The second-order valence-corrected chi connectivity index (χ2v) is 7.06. The van der Waals surface area contributed by atoms with E-state index in [0.717, 1.165) is 35.3 Å². The molecule has 11 heteroatoms. The molecule has 0 aliphatic carbocycles. The first kappa shape index (κ1) is 21.7. The van der Waals surface area contributed by atoms with Gasteiger partial charge >= 0.3 is 12.2 Å². The van der Waals surface area contributed by atoms with E-state index in [0.29, 0.717) is 0 Å². The number of hydrogen-bond donors (Lipinski definition) is 0. The van der Waals surface area contributed by atoms with Crippen molar-refractivity contribution >= 4 is 23.9 Å². The van der Waals surface area contributed by atoms with Gasteiger partial charge < -0.3 is 9.80 Å². The van der Waals surface area contributed by atoms with Crippen molar-refractivity contribution < 1.29 is 36.3 Å². The number of carbonyl (C=O) groups excluding carboxylic acids is 3. The number of carbonyl (C=O) groups is 3. The highest BCUT2D eigenvalue weighted by Crippen LogP contribution is 2.25. The zero-order valence-corrected chi connectivity index (χ0v) is 15.7. The molecule has 2 aliphatic heterocycles. The topological polar surface area (TPSA) is 60.9 Å². The lowest BCUT2D eigenvalue weighted by Gasteiger charge is -2.35. The lowest BCUT2D eigenvalue weighted by molar-refractivity contribution is -0.151. The largest absolute Gasteiger partial charge is 0.406 e. The maximum atomic E-state index is 13.6. The van der Waals surface area contributed by atoms with Crippen LogP contribution in [-0.2, 0) is 9.59 Å². The van der Waals surface area contributed by atoms with E-state index >= 15 is 0 Å². The zero-order valence-electron chi connectivity index (χ0n) is 15.7. The van der Waals surface area contributed by atoms with E-state index in [1.165, 1.54) is 4.90 Å². The third kappa shape index (κ3) is 4.95. The van der Waals surface area contributed by atoms with Crippen molar-refractivity contribution in [2.45, 2.75) is 25.1 Å². The Hall–Kier alpha value is -2.98. The van der Waals surface area contributed by atoms with Gasteiger partial charge in [0.25, 0.3) is 5.91 Å². The van der Waals surface area contributed by atoms with Crippen LogP contribution in [0.15, 0.2) is 24.3 Å². The molecule has 0 radical (unpaired) electrons. The van der Waals surface area contributed by atoms with Crippen LogP contribution in [0.5, 0.6) is 0 Å². The van der Waals surface area contributed by atoms with Crippen LogP contribution < -0.4 is 0 Å². The molecule has 1 aromatic rings. The average molecular weight is 431 g/mol. The number of likely N-dealkylation sites (tertiary alicyclic amines) is 1. The summed E-state index contributed by atoms with van der Waals surface area (Å²) in [5.74, 6) is -2.68. The van der Waals surface area contributed by atoms with Crippen molar-refractivity contribution in [3.8, 4) is 0 Å². The molecule has 162 valence electrons. The highest BCUT2D eigenvalue weighted by Gasteiger charge is 2.45. The fourth-order valence-electron chi connectivity index (χ4n) is 3.49. The standard InChI is InChI=1S/C19H18F5N3O3/c20-13-2-3-15(21)12(9-13)1-4-16(28)25-7-5-14(6-8-25)26-10-17(29)27(18(26)30)11-19(22,23)24/h1-4,9,14H,5-8,10-11H2. The Morgan fingerprint density at radius 3 is 2.43 bits per heavy atom. The van der Waals surface area contributed by atoms with E-state index in [2.05, 4.69) is 0 Å². The van der Waals surface area contributed by atoms with Gasteiger partial charge in [-0.3, -0.25) is 14.5 Å². The predicted molar refractivity (Wildman–Crippen MR) is 94.9 cm³/mol. The van der Waals surface area contributed by atoms with E-state index in [9.17, 15) is 36.3 Å². The van der Waals surface area contributed by atoms with Crippen LogP contribution >= 0.6 is 0 Å². The first-order valence-corrected chi connectivity index (χ1v) is 9.15. The van der Waals surface area contributed by atoms with Crippen LogP contribution in [-0.4, -0.2) is 70.9 Å². The molecule has 0 bridgehead atoms. The Balaban J connectivity index is 1.56. The molecule has 0 atom stereocenters. The molecule has 2 saturated heterocycles. The summed E-state index contributed by atoms with van der Waals surface area (Å²) in [6, 6.07) is 1.41. The quantitative estimate of drug-likeness (QED) is 0.419. The molecule has 2 fully saturated rings. The number of piperidine rings is 1. The van der Waals surface area contributed by atoms with E-state index in [-0.39, 0.29) is 36.4 Å². The fourth-order valence-corrected chi connectivity index (χ4v) is 3.49. The van der Waals surface area contributed by atoms with E-state index in [4.69, 9.17) is 0 Å². The normalized spacial score (nSPS) is 18.8. The van der Waals surface area contributed by atoms with E-state index < -0.39 is 54.8 Å². The summed E-state index contributed by atoms with van der Waals surface area (Å²) in [7, 11) is 0. The van der Waals surface area contributed by atoms with E-state index in [1.807, 2.05) is 0 Å². The molecule has 0 N–H and O–H groups in total. The lowest BCUT2D eigenvalue weighted by Crippen LogP contribution is -2.48. The van der Waals surface area contributed by atoms with Crippen molar-refractivity contribution in [1.29, 1.82) is 0 Å². The Kier molecular flexibility index (Phi) is 6.09. The summed E-state index contributed by atoms with van der Waals surface area (Å²) in [5, 5.41) is 0. The molecule has 0 unspecified atom stereocenters. The third-order valence-electron chi connectivity index (χ3n) is 5.00. The van der Waals surface area contributed by atoms with Gasteiger partial charge in [-0.1, -0.05) is 0 Å². The Bertz CT molecular complexity index is 879. The number of halogens is 5. The zero-order chi connectivity index (χ0) is 22.1. The van der Waals surface area contributed by atoms with Crippen molar-refractivity contribution in [1.82, 2.24) is 14.7 Å². The van der Waals surface area contributed by atoms with Crippen molar-refractivity contribution in [2.24, 2.45) is 0 Å². The predicted octanol–water partition coefficient (Wildman–Crippen LogP) is 2.80. The number of benzene rings is 1. The summed E-state index contributed by atoms with van der Waals surface area (Å²) < 4.78 is 64.4. The molecule has 1 aromatic carbocycles. The van der Waals surface area contributed by atoms with Gasteiger partial charge in [0, 0.05) is 30.8 Å². The molecule has 2 aliphatic rings.